The van der Waals surface area contributed by atoms with E-state index in [9.17, 15) is 0 Å². The van der Waals surface area contributed by atoms with E-state index in [0.29, 0.717) is 0 Å². The van der Waals surface area contributed by atoms with Crippen LogP contribution in [0.1, 0.15) is 62.4 Å². The number of hydrogen-bond acceptors (Lipinski definition) is 0. The second kappa shape index (κ2) is 14.4. The fourth-order valence-corrected chi connectivity index (χ4v) is 11.4. The third kappa shape index (κ3) is 5.82. The van der Waals surface area contributed by atoms with Crippen molar-refractivity contribution in [2.75, 3.05) is 0 Å². The quantitative estimate of drug-likeness (QED) is 0.157. The summed E-state index contributed by atoms with van der Waals surface area (Å²) in [4.78, 5) is 0. The number of rotatable bonds is 4. The maximum absolute atomic E-state index is 2.71. The molecular formula is C58H53B2N3. The van der Waals surface area contributed by atoms with Crippen LogP contribution in [0, 0.1) is 27.7 Å². The van der Waals surface area contributed by atoms with Crippen molar-refractivity contribution in [1.82, 2.24) is 13.7 Å². The van der Waals surface area contributed by atoms with Gasteiger partial charge in [-0.15, -0.1) is 0 Å². The highest BCUT2D eigenvalue weighted by atomic mass is 15.2. The van der Waals surface area contributed by atoms with Gasteiger partial charge in [0.05, 0.1) is 22.4 Å². The molecule has 2 aliphatic rings. The van der Waals surface area contributed by atoms with E-state index in [2.05, 4.69) is 234 Å². The molecule has 0 radical (unpaired) electrons. The van der Waals surface area contributed by atoms with Crippen LogP contribution in [0.2, 0.25) is 0 Å². The Hall–Kier alpha value is -6.71. The SMILES string of the molecule is CC1=c2n3c(n(-c4cccc5ccccc45)c4ccccc4n2-c2cccc4ccccc24)=C(C)B(c2c(C)cccc2C)c2cc(C(C)(C)C)cc(c2-3)B1c1c(C)cccc1C. The number of aryl methyl sites for hydroxylation is 4. The van der Waals surface area contributed by atoms with Crippen LogP contribution in [0.4, 0.5) is 0 Å². The maximum atomic E-state index is 2.71. The maximum Gasteiger partial charge on any atom is 0.244 e. The zero-order valence-electron chi connectivity index (χ0n) is 38.0. The van der Waals surface area contributed by atoms with E-state index < -0.39 is 0 Å². The minimum atomic E-state index is -0.0863. The Labute approximate surface area is 372 Å². The van der Waals surface area contributed by atoms with E-state index in [0.717, 1.165) is 11.0 Å². The van der Waals surface area contributed by atoms with E-state index in [4.69, 9.17) is 0 Å². The molecular weight excluding hydrogens is 760 g/mol. The zero-order chi connectivity index (χ0) is 43.5. The molecule has 0 aliphatic carbocycles. The Morgan fingerprint density at radius 1 is 0.397 bits per heavy atom. The minimum absolute atomic E-state index is 0.000479. The van der Waals surface area contributed by atoms with Gasteiger partial charge in [-0.05, 0) is 98.5 Å². The largest absolute Gasteiger partial charge is 0.294 e. The van der Waals surface area contributed by atoms with Crippen molar-refractivity contribution in [1.29, 1.82) is 0 Å². The number of para-hydroxylation sites is 2. The van der Waals surface area contributed by atoms with Crippen molar-refractivity contribution >= 4 is 78.8 Å². The Bertz CT molecular complexity index is 3310. The fraction of sp³-hybridized carbons (Fsp3) is 0.172. The van der Waals surface area contributed by atoms with Gasteiger partial charge in [0.2, 0.25) is 13.4 Å². The number of aromatic nitrogens is 3. The molecule has 11 rings (SSSR count). The monoisotopic (exact) mass is 813 g/mol. The molecule has 8 aromatic carbocycles. The zero-order valence-corrected chi connectivity index (χ0v) is 38.0. The van der Waals surface area contributed by atoms with Gasteiger partial charge in [0.1, 0.15) is 11.0 Å². The summed E-state index contributed by atoms with van der Waals surface area (Å²) in [5.41, 5.74) is 23.1. The molecule has 0 N–H and O–H groups in total. The predicted molar refractivity (Wildman–Crippen MR) is 273 cm³/mol. The summed E-state index contributed by atoms with van der Waals surface area (Å²) < 4.78 is 7.95. The molecule has 0 spiro atoms. The fourth-order valence-electron chi connectivity index (χ4n) is 11.4. The van der Waals surface area contributed by atoms with E-state index in [1.54, 1.807) is 0 Å². The van der Waals surface area contributed by atoms with Gasteiger partial charge >= 0.3 is 0 Å². The second-order valence-corrected chi connectivity index (χ2v) is 19.2. The molecule has 2 aliphatic heterocycles. The van der Waals surface area contributed by atoms with Gasteiger partial charge < -0.3 is 0 Å². The van der Waals surface area contributed by atoms with Crippen molar-refractivity contribution in [3.8, 4) is 17.1 Å². The van der Waals surface area contributed by atoms with Gasteiger partial charge in [0, 0.05) is 16.5 Å². The van der Waals surface area contributed by atoms with Crippen LogP contribution in [-0.4, -0.2) is 27.1 Å². The van der Waals surface area contributed by atoms with Crippen LogP contribution in [0.15, 0.2) is 158 Å². The van der Waals surface area contributed by atoms with E-state index in [1.165, 1.54) is 110 Å². The smallest absolute Gasteiger partial charge is 0.244 e. The van der Waals surface area contributed by atoms with Crippen molar-refractivity contribution < 1.29 is 0 Å². The number of hydrogen-bond donors (Lipinski definition) is 0. The van der Waals surface area contributed by atoms with Crippen LogP contribution >= 0.6 is 0 Å². The summed E-state index contributed by atoms with van der Waals surface area (Å²) in [7, 11) is 0. The highest BCUT2D eigenvalue weighted by Crippen LogP contribution is 2.32. The number of fused-ring (bicyclic) bond motifs is 3. The molecule has 0 saturated carbocycles. The first-order chi connectivity index (χ1) is 30.4. The van der Waals surface area contributed by atoms with Gasteiger partial charge in [0.15, 0.2) is 0 Å². The molecule has 63 heavy (non-hydrogen) atoms. The normalized spacial score (nSPS) is 13.3. The van der Waals surface area contributed by atoms with Crippen molar-refractivity contribution in [2.45, 2.75) is 67.7 Å². The van der Waals surface area contributed by atoms with Gasteiger partial charge in [-0.2, -0.15) is 0 Å². The Morgan fingerprint density at radius 2 is 0.762 bits per heavy atom. The van der Waals surface area contributed by atoms with Gasteiger partial charge in [0.25, 0.3) is 0 Å². The molecule has 5 heteroatoms. The average molecular weight is 814 g/mol. The van der Waals surface area contributed by atoms with Crippen LogP contribution in [0.3, 0.4) is 0 Å². The van der Waals surface area contributed by atoms with E-state index >= 15 is 0 Å². The summed E-state index contributed by atoms with van der Waals surface area (Å²) in [6, 6.07) is 59.4. The summed E-state index contributed by atoms with van der Waals surface area (Å²) in [6.07, 6.45) is 0. The summed E-state index contributed by atoms with van der Waals surface area (Å²) >= 11 is 0. The highest BCUT2D eigenvalue weighted by molar-refractivity contribution is 7.02. The molecule has 0 unspecified atom stereocenters. The lowest BCUT2D eigenvalue weighted by Crippen LogP contribution is -2.64. The first-order valence-corrected chi connectivity index (χ1v) is 22.6. The minimum Gasteiger partial charge on any atom is -0.294 e. The van der Waals surface area contributed by atoms with Gasteiger partial charge in [-0.3, -0.25) is 13.7 Å². The Balaban J connectivity index is 1.52. The lowest BCUT2D eigenvalue weighted by atomic mass is 9.30. The molecule has 3 heterocycles. The third-order valence-electron chi connectivity index (χ3n) is 14.3. The van der Waals surface area contributed by atoms with Crippen LogP contribution in [0.25, 0.3) is 60.6 Å². The molecule has 0 atom stereocenters. The van der Waals surface area contributed by atoms with Crippen molar-refractivity contribution in [2.24, 2.45) is 0 Å². The molecule has 1 aromatic heterocycles. The van der Waals surface area contributed by atoms with Gasteiger partial charge in [-0.1, -0.05) is 198 Å². The summed E-state index contributed by atoms with van der Waals surface area (Å²) in [5.74, 6) is 0. The second-order valence-electron chi connectivity index (χ2n) is 19.2. The molecule has 0 bridgehead atoms. The molecule has 306 valence electrons. The molecule has 9 aromatic rings. The first kappa shape index (κ1) is 39.2. The predicted octanol–water partition coefficient (Wildman–Crippen LogP) is 9.84. The summed E-state index contributed by atoms with van der Waals surface area (Å²) in [5, 5.41) is 4.89. The first-order valence-electron chi connectivity index (χ1n) is 22.6. The van der Waals surface area contributed by atoms with Crippen LogP contribution in [-0.2, 0) is 5.41 Å². The number of nitrogens with zero attached hydrogens (tertiary/aromatic N) is 3. The lowest BCUT2D eigenvalue weighted by molar-refractivity contribution is 0.591. The molecule has 0 amide bonds. The van der Waals surface area contributed by atoms with Crippen LogP contribution in [0.5, 0.6) is 0 Å². The highest BCUT2D eigenvalue weighted by Gasteiger charge is 2.42. The van der Waals surface area contributed by atoms with Crippen LogP contribution < -0.4 is 32.8 Å². The topological polar surface area (TPSA) is 14.8 Å². The average Bonchev–Trinajstić information content (AvgIpc) is 3.40. The van der Waals surface area contributed by atoms with Crippen molar-refractivity contribution in [3.05, 3.63) is 197 Å². The Kier molecular flexibility index (Phi) is 8.97. The third-order valence-corrected chi connectivity index (χ3v) is 14.3. The van der Waals surface area contributed by atoms with E-state index in [1.807, 2.05) is 0 Å². The molecule has 0 fully saturated rings. The van der Waals surface area contributed by atoms with E-state index in [-0.39, 0.29) is 18.8 Å². The van der Waals surface area contributed by atoms with Crippen molar-refractivity contribution in [3.63, 3.8) is 0 Å². The Morgan fingerprint density at radius 3 is 1.17 bits per heavy atom. The number of benzene rings is 8. The summed E-state index contributed by atoms with van der Waals surface area (Å²) in [6.45, 7) is 21.3. The standard InChI is InChI=1S/C58H53B2N3/c1-36-20-16-21-37(2)53(36)59-40(5)56-61(49-32-18-26-42-24-10-12-28-45(42)49)51-30-14-15-31-52(51)62(50-33-19-27-43-25-11-13-29-46(43)50)57-41(6)60(54-38(3)22-17-23-39(54)4)48-35-44(58(7,8)9)34-47(59)55(48)63(56)57/h10-35H,1-9H3. The lowest BCUT2D eigenvalue weighted by Gasteiger charge is -2.38. The van der Waals surface area contributed by atoms with Gasteiger partial charge in [-0.25, -0.2) is 0 Å². The molecule has 0 saturated heterocycles. The molecule has 3 nitrogen and oxygen atoms in total.